The highest BCUT2D eigenvalue weighted by atomic mass is 16.6. The van der Waals surface area contributed by atoms with Crippen molar-refractivity contribution in [3.05, 3.63) is 89.2 Å². The van der Waals surface area contributed by atoms with Crippen molar-refractivity contribution in [2.45, 2.75) is 77.5 Å². The number of ether oxygens (including phenoxy) is 2. The van der Waals surface area contributed by atoms with E-state index >= 15 is 0 Å². The summed E-state index contributed by atoms with van der Waals surface area (Å²) in [4.78, 5) is 36.8. The molecule has 2 aliphatic rings. The number of fused-ring (bicyclic) bond motifs is 1. The third-order valence-corrected chi connectivity index (χ3v) is 7.59. The molecule has 0 saturated carbocycles. The van der Waals surface area contributed by atoms with Gasteiger partial charge in [0.05, 0.1) is 11.4 Å². The van der Waals surface area contributed by atoms with Crippen LogP contribution >= 0.6 is 0 Å². The van der Waals surface area contributed by atoms with Gasteiger partial charge in [-0.05, 0) is 101 Å². The third kappa shape index (κ3) is 7.55. The molecule has 0 bridgehead atoms. The summed E-state index contributed by atoms with van der Waals surface area (Å²) >= 11 is 0. The molecule has 0 unspecified atom stereocenters. The lowest BCUT2D eigenvalue weighted by molar-refractivity contribution is -0.134. The lowest BCUT2D eigenvalue weighted by Crippen LogP contribution is -2.50. The molecule has 3 heterocycles. The van der Waals surface area contributed by atoms with Crippen LogP contribution in [-0.4, -0.2) is 52.3 Å². The van der Waals surface area contributed by atoms with Crippen molar-refractivity contribution in [3.63, 3.8) is 0 Å². The van der Waals surface area contributed by atoms with E-state index < -0.39 is 17.7 Å². The van der Waals surface area contributed by atoms with Crippen molar-refractivity contribution in [1.29, 1.82) is 0 Å². The normalized spacial score (nSPS) is 16.2. The summed E-state index contributed by atoms with van der Waals surface area (Å²) in [5, 5.41) is 2.66. The van der Waals surface area contributed by atoms with Gasteiger partial charge in [-0.2, -0.15) is 0 Å². The Hall–Kier alpha value is -4.20. The van der Waals surface area contributed by atoms with Gasteiger partial charge in [0, 0.05) is 30.4 Å². The van der Waals surface area contributed by atoms with Gasteiger partial charge in [-0.25, -0.2) is 4.79 Å². The number of rotatable bonds is 7. The Morgan fingerprint density at radius 1 is 0.976 bits per heavy atom. The zero-order valence-electron chi connectivity index (χ0n) is 24.9. The highest BCUT2D eigenvalue weighted by Crippen LogP contribution is 2.32. The van der Waals surface area contributed by atoms with Crippen LogP contribution in [0.1, 0.15) is 75.4 Å². The highest BCUT2D eigenvalue weighted by molar-refractivity contribution is 6.03. The van der Waals surface area contributed by atoms with E-state index in [9.17, 15) is 9.59 Å². The van der Waals surface area contributed by atoms with Crippen LogP contribution in [0.5, 0.6) is 5.75 Å². The van der Waals surface area contributed by atoms with Crippen molar-refractivity contribution in [2.24, 2.45) is 4.99 Å². The van der Waals surface area contributed by atoms with Gasteiger partial charge in [-0.1, -0.05) is 30.3 Å². The van der Waals surface area contributed by atoms with E-state index in [4.69, 9.17) is 19.5 Å². The van der Waals surface area contributed by atoms with Gasteiger partial charge in [-0.15, -0.1) is 0 Å². The number of benzene rings is 2. The van der Waals surface area contributed by atoms with Crippen LogP contribution in [0.25, 0.3) is 0 Å². The number of aliphatic imine (C=N–C) groups is 1. The molecule has 2 amide bonds. The van der Waals surface area contributed by atoms with Gasteiger partial charge in [0.2, 0.25) is 5.91 Å². The quantitative estimate of drug-likeness (QED) is 0.359. The largest absolute Gasteiger partial charge is 0.489 e. The van der Waals surface area contributed by atoms with Crippen LogP contribution in [0.3, 0.4) is 0 Å². The number of pyridine rings is 1. The molecule has 1 aromatic heterocycles. The van der Waals surface area contributed by atoms with E-state index in [0.29, 0.717) is 25.6 Å². The van der Waals surface area contributed by atoms with E-state index in [0.717, 1.165) is 65.3 Å². The smallest absolute Gasteiger partial charge is 0.408 e. The predicted molar refractivity (Wildman–Crippen MR) is 163 cm³/mol. The second-order valence-corrected chi connectivity index (χ2v) is 12.0. The number of hydrogen-bond donors (Lipinski definition) is 1. The van der Waals surface area contributed by atoms with E-state index in [1.165, 1.54) is 0 Å². The fourth-order valence-electron chi connectivity index (χ4n) is 5.37. The van der Waals surface area contributed by atoms with Crippen molar-refractivity contribution in [1.82, 2.24) is 15.2 Å². The van der Waals surface area contributed by atoms with Crippen LogP contribution in [0.4, 0.5) is 10.5 Å². The van der Waals surface area contributed by atoms with Crippen molar-refractivity contribution in [2.75, 3.05) is 13.1 Å². The molecule has 42 heavy (non-hydrogen) atoms. The van der Waals surface area contributed by atoms with Crippen molar-refractivity contribution < 1.29 is 19.1 Å². The van der Waals surface area contributed by atoms with Crippen LogP contribution in [0.15, 0.2) is 71.7 Å². The fourth-order valence-corrected chi connectivity index (χ4v) is 5.37. The maximum atomic E-state index is 12.9. The number of nitrogens with one attached hydrogen (secondary N) is 1. The molecule has 1 atom stereocenters. The second-order valence-electron chi connectivity index (χ2n) is 12.0. The average molecular weight is 569 g/mol. The average Bonchev–Trinajstić information content (AvgIpc) is 2.99. The van der Waals surface area contributed by atoms with Crippen LogP contribution in [0, 0.1) is 0 Å². The molecule has 0 aliphatic carbocycles. The third-order valence-electron chi connectivity index (χ3n) is 7.59. The number of carbonyl (C=O) groups excluding carboxylic acids is 2. The molecule has 1 saturated heterocycles. The Balaban J connectivity index is 1.14. The number of piperidine rings is 1. The number of alkyl carbamates (subject to hydrolysis) is 1. The molecule has 220 valence electrons. The molecular weight excluding hydrogens is 528 g/mol. The Morgan fingerprint density at radius 3 is 2.38 bits per heavy atom. The number of aryl methyl sites for hydroxylation is 1. The van der Waals surface area contributed by atoms with Gasteiger partial charge in [0.1, 0.15) is 24.0 Å². The zero-order valence-corrected chi connectivity index (χ0v) is 24.9. The van der Waals surface area contributed by atoms with E-state index in [1.54, 1.807) is 27.7 Å². The maximum absolute atomic E-state index is 12.9. The highest BCUT2D eigenvalue weighted by Gasteiger charge is 2.29. The van der Waals surface area contributed by atoms with E-state index in [2.05, 4.69) is 41.7 Å². The lowest BCUT2D eigenvalue weighted by Gasteiger charge is -2.34. The van der Waals surface area contributed by atoms with Crippen molar-refractivity contribution >= 4 is 23.4 Å². The Bertz CT molecular complexity index is 1420. The summed E-state index contributed by atoms with van der Waals surface area (Å²) in [5.41, 5.74) is 5.73. The topological polar surface area (TPSA) is 93.1 Å². The summed E-state index contributed by atoms with van der Waals surface area (Å²) in [7, 11) is 0. The Morgan fingerprint density at radius 2 is 1.69 bits per heavy atom. The number of likely N-dealkylation sites (tertiary alicyclic amines) is 1. The monoisotopic (exact) mass is 568 g/mol. The molecule has 8 nitrogen and oxygen atoms in total. The maximum Gasteiger partial charge on any atom is 0.408 e. The molecule has 3 aromatic rings. The molecule has 1 N–H and O–H groups in total. The molecule has 2 aromatic carbocycles. The molecule has 0 spiro atoms. The number of hydrogen-bond acceptors (Lipinski definition) is 6. The lowest BCUT2D eigenvalue weighted by atomic mass is 9.91. The number of nitrogens with zero attached hydrogens (tertiary/aromatic N) is 3. The van der Waals surface area contributed by atoms with Crippen LogP contribution in [-0.2, 0) is 22.6 Å². The van der Waals surface area contributed by atoms with Gasteiger partial charge in [0.25, 0.3) is 0 Å². The summed E-state index contributed by atoms with van der Waals surface area (Å²) in [6.07, 6.45) is 2.78. The number of aromatic nitrogens is 1. The molecule has 1 fully saturated rings. The van der Waals surface area contributed by atoms with Gasteiger partial charge < -0.3 is 19.7 Å². The standard InChI is InChI=1S/C34H40N4O4/c1-23(35-33(40)42-34(2,3)4)32(39)38-20-18-26(19-21-38)29-15-17-30-31(37-29)16-14-28(36-30)25-10-12-27(13-11-25)41-22-24-8-6-5-7-9-24/h5-13,15,17,23,26H,14,16,18-22H2,1-4H3,(H,35,40)/t23-/m1/s1. The molecule has 8 heteroatoms. The summed E-state index contributed by atoms with van der Waals surface area (Å²) < 4.78 is 11.2. The minimum absolute atomic E-state index is 0.0876. The summed E-state index contributed by atoms with van der Waals surface area (Å²) in [6, 6.07) is 21.8. The number of carbonyl (C=O) groups is 2. The predicted octanol–water partition coefficient (Wildman–Crippen LogP) is 6.35. The van der Waals surface area contributed by atoms with Gasteiger partial charge >= 0.3 is 6.09 Å². The first kappa shape index (κ1) is 29.3. The molecule has 2 aliphatic heterocycles. The molecule has 0 radical (unpaired) electrons. The Kier molecular flexibility index (Phi) is 8.90. The van der Waals surface area contributed by atoms with Crippen LogP contribution < -0.4 is 10.1 Å². The van der Waals surface area contributed by atoms with Crippen LogP contribution in [0.2, 0.25) is 0 Å². The van der Waals surface area contributed by atoms with Gasteiger partial charge in [0.15, 0.2) is 0 Å². The first-order valence-electron chi connectivity index (χ1n) is 14.8. The van der Waals surface area contributed by atoms with Gasteiger partial charge in [-0.3, -0.25) is 14.8 Å². The minimum atomic E-state index is -0.636. The fraction of sp³-hybridized carbons (Fsp3) is 0.412. The molecule has 5 rings (SSSR count). The summed E-state index contributed by atoms with van der Waals surface area (Å²) in [5.74, 6) is 1.05. The second kappa shape index (κ2) is 12.8. The SMILES string of the molecule is C[C@@H](NC(=O)OC(C)(C)C)C(=O)N1CCC(c2ccc3c(n2)CCC(c2ccc(OCc4ccccc4)cc2)=N3)CC1. The Labute approximate surface area is 248 Å². The first-order valence-corrected chi connectivity index (χ1v) is 14.8. The van der Waals surface area contributed by atoms with E-state index in [1.807, 2.05) is 35.2 Å². The van der Waals surface area contributed by atoms with E-state index in [-0.39, 0.29) is 5.91 Å². The minimum Gasteiger partial charge on any atom is -0.489 e. The first-order chi connectivity index (χ1) is 20.1. The molecular formula is C34H40N4O4. The zero-order chi connectivity index (χ0) is 29.7. The number of amides is 2. The van der Waals surface area contributed by atoms with Crippen molar-refractivity contribution in [3.8, 4) is 5.75 Å². The summed E-state index contributed by atoms with van der Waals surface area (Å²) in [6.45, 7) is 8.91.